The molecule has 0 bridgehead atoms. The van der Waals surface area contributed by atoms with E-state index in [1.54, 1.807) is 13.8 Å². The molecule has 0 radical (unpaired) electrons. The maximum absolute atomic E-state index is 14.3. The Hall–Kier alpha value is -2.62. The predicted molar refractivity (Wildman–Crippen MR) is 141 cm³/mol. The van der Waals surface area contributed by atoms with Crippen LogP contribution in [0.15, 0.2) is 36.4 Å². The largest absolute Gasteiger partial charge is 0.289 e. The first-order chi connectivity index (χ1) is 15.7. The number of carbonyl (C=O) groups excluding carboxylic acids is 2. The Morgan fingerprint density at radius 3 is 1.47 bits per heavy atom. The van der Waals surface area contributed by atoms with E-state index >= 15 is 0 Å². The number of hydrogen-bond donors (Lipinski definition) is 0. The number of para-hydroxylation sites is 2. The number of amides is 2. The van der Waals surface area contributed by atoms with Crippen LogP contribution in [0.1, 0.15) is 109 Å². The van der Waals surface area contributed by atoms with Gasteiger partial charge in [-0.25, -0.2) is 0 Å². The van der Waals surface area contributed by atoms with Crippen molar-refractivity contribution in [3.63, 3.8) is 0 Å². The Bertz CT molecular complexity index is 1130. The Labute approximate surface area is 205 Å². The zero-order valence-electron chi connectivity index (χ0n) is 22.5. The van der Waals surface area contributed by atoms with Gasteiger partial charge in [0.05, 0.1) is 11.4 Å². The van der Waals surface area contributed by atoms with E-state index in [0.717, 1.165) is 33.6 Å². The number of carbonyl (C=O) groups is 2. The molecule has 2 heterocycles. The molecule has 1 fully saturated rings. The molecule has 0 saturated carbocycles. The molecule has 1 atom stereocenters. The fraction of sp³-hybridized carbons (Fsp3) is 0.533. The summed E-state index contributed by atoms with van der Waals surface area (Å²) in [6.07, 6.45) is -0.409. The van der Waals surface area contributed by atoms with Crippen molar-refractivity contribution < 1.29 is 9.59 Å². The van der Waals surface area contributed by atoms with E-state index in [0.29, 0.717) is 0 Å². The molecule has 2 aliphatic rings. The molecule has 1 unspecified atom stereocenters. The summed E-state index contributed by atoms with van der Waals surface area (Å²) in [5.74, 6) is 0.538. The average Bonchev–Trinajstić information content (AvgIpc) is 2.99. The summed E-state index contributed by atoms with van der Waals surface area (Å²) in [6.45, 7) is 21.0. The standard InChI is InChI=1S/C30H40N2O2/c1-17(2)20-13-11-14-21(18(3)4)24(20)31-26-29(7,8)23-16-12-15-22(19(5)6)25(23)32(26)28(34)30(9,10)27(31)33/h11-19,26H,1-10H3. The van der Waals surface area contributed by atoms with Gasteiger partial charge in [0.15, 0.2) is 0 Å². The van der Waals surface area contributed by atoms with Gasteiger partial charge in [0.25, 0.3) is 0 Å². The number of anilines is 2. The second kappa shape index (κ2) is 7.96. The molecule has 2 amide bonds. The highest BCUT2D eigenvalue weighted by atomic mass is 16.2. The minimum absolute atomic E-state index is 0.105. The van der Waals surface area contributed by atoms with Crippen molar-refractivity contribution in [2.24, 2.45) is 5.41 Å². The zero-order chi connectivity index (χ0) is 25.3. The maximum Gasteiger partial charge on any atom is 0.243 e. The van der Waals surface area contributed by atoms with Crippen LogP contribution >= 0.6 is 0 Å². The Kier molecular flexibility index (Phi) is 5.74. The first kappa shape index (κ1) is 24.5. The van der Waals surface area contributed by atoms with Gasteiger partial charge in [-0.2, -0.15) is 0 Å². The Morgan fingerprint density at radius 2 is 1.03 bits per heavy atom. The van der Waals surface area contributed by atoms with Crippen molar-refractivity contribution in [3.05, 3.63) is 58.7 Å². The van der Waals surface area contributed by atoms with Crippen LogP contribution < -0.4 is 9.80 Å². The lowest BCUT2D eigenvalue weighted by Crippen LogP contribution is -2.69. The molecule has 2 aromatic carbocycles. The van der Waals surface area contributed by atoms with Crippen molar-refractivity contribution >= 4 is 23.2 Å². The topological polar surface area (TPSA) is 40.6 Å². The molecule has 0 N–H and O–H groups in total. The molecule has 2 aromatic rings. The number of hydrogen-bond acceptors (Lipinski definition) is 2. The third-order valence-electron chi connectivity index (χ3n) is 7.85. The quantitative estimate of drug-likeness (QED) is 0.457. The van der Waals surface area contributed by atoms with Gasteiger partial charge in [0, 0.05) is 5.41 Å². The lowest BCUT2D eigenvalue weighted by Gasteiger charge is -2.51. The summed E-state index contributed by atoms with van der Waals surface area (Å²) in [7, 11) is 0. The van der Waals surface area contributed by atoms with E-state index in [1.807, 2.05) is 9.80 Å². The summed E-state index contributed by atoms with van der Waals surface area (Å²) >= 11 is 0. The van der Waals surface area contributed by atoms with Crippen LogP contribution in [0.3, 0.4) is 0 Å². The first-order valence-corrected chi connectivity index (χ1v) is 12.7. The van der Waals surface area contributed by atoms with Crippen LogP contribution in [0.25, 0.3) is 0 Å². The number of rotatable bonds is 4. The monoisotopic (exact) mass is 460 g/mol. The van der Waals surface area contributed by atoms with Crippen LogP contribution in [-0.4, -0.2) is 18.0 Å². The van der Waals surface area contributed by atoms with E-state index in [-0.39, 0.29) is 29.6 Å². The summed E-state index contributed by atoms with van der Waals surface area (Å²) in [4.78, 5) is 32.3. The van der Waals surface area contributed by atoms with E-state index in [4.69, 9.17) is 0 Å². The SMILES string of the molecule is CC(C)c1cccc(C(C)C)c1N1C(=O)C(C)(C)C(=O)N2c3c(C(C)C)cccc3C(C)(C)C12. The fourth-order valence-electron chi connectivity index (χ4n) is 5.87. The van der Waals surface area contributed by atoms with E-state index < -0.39 is 17.0 Å². The van der Waals surface area contributed by atoms with Gasteiger partial charge in [-0.1, -0.05) is 91.8 Å². The van der Waals surface area contributed by atoms with E-state index in [1.165, 1.54) is 0 Å². The molecule has 4 nitrogen and oxygen atoms in total. The summed E-state index contributed by atoms with van der Waals surface area (Å²) in [6, 6.07) is 12.7. The highest BCUT2D eigenvalue weighted by Gasteiger charge is 2.61. The highest BCUT2D eigenvalue weighted by Crippen LogP contribution is 2.55. The number of benzene rings is 2. The van der Waals surface area contributed by atoms with Crippen LogP contribution in [0.5, 0.6) is 0 Å². The minimum Gasteiger partial charge on any atom is -0.289 e. The van der Waals surface area contributed by atoms with Gasteiger partial charge in [0.2, 0.25) is 11.8 Å². The fourth-order valence-corrected chi connectivity index (χ4v) is 5.87. The van der Waals surface area contributed by atoms with Gasteiger partial charge in [0.1, 0.15) is 11.6 Å². The maximum atomic E-state index is 14.3. The predicted octanol–water partition coefficient (Wildman–Crippen LogP) is 7.08. The van der Waals surface area contributed by atoms with E-state index in [9.17, 15) is 9.59 Å². The average molecular weight is 461 g/mol. The van der Waals surface area contributed by atoms with Gasteiger partial charge >= 0.3 is 0 Å². The first-order valence-electron chi connectivity index (χ1n) is 12.7. The second-order valence-corrected chi connectivity index (χ2v) is 12.1. The Morgan fingerprint density at radius 1 is 0.647 bits per heavy atom. The number of nitrogens with zero attached hydrogens (tertiary/aromatic N) is 2. The summed E-state index contributed by atoms with van der Waals surface area (Å²) < 4.78 is 0. The van der Waals surface area contributed by atoms with Crippen LogP contribution in [0.4, 0.5) is 11.4 Å². The lowest BCUT2D eigenvalue weighted by molar-refractivity contribution is -0.142. The molecule has 0 aliphatic carbocycles. The molecule has 182 valence electrons. The molecule has 1 saturated heterocycles. The third-order valence-corrected chi connectivity index (χ3v) is 7.85. The number of fused-ring (bicyclic) bond motifs is 3. The molecule has 34 heavy (non-hydrogen) atoms. The van der Waals surface area contributed by atoms with Gasteiger partial charge < -0.3 is 0 Å². The molecule has 0 spiro atoms. The van der Waals surface area contributed by atoms with Gasteiger partial charge in [-0.3, -0.25) is 19.4 Å². The molecule has 2 aliphatic heterocycles. The van der Waals surface area contributed by atoms with Crippen molar-refractivity contribution in [2.75, 3.05) is 9.80 Å². The van der Waals surface area contributed by atoms with Crippen molar-refractivity contribution in [2.45, 2.75) is 98.6 Å². The van der Waals surface area contributed by atoms with Crippen molar-refractivity contribution in [3.8, 4) is 0 Å². The molecule has 4 rings (SSSR count). The smallest absolute Gasteiger partial charge is 0.243 e. The van der Waals surface area contributed by atoms with Gasteiger partial charge in [-0.05, 0) is 53.9 Å². The summed E-state index contributed by atoms with van der Waals surface area (Å²) in [5, 5.41) is 0. The lowest BCUT2D eigenvalue weighted by atomic mass is 9.78. The van der Waals surface area contributed by atoms with E-state index in [2.05, 4.69) is 91.8 Å². The molecular weight excluding hydrogens is 420 g/mol. The summed E-state index contributed by atoms with van der Waals surface area (Å²) in [5.41, 5.74) is 5.00. The Balaban J connectivity index is 2.10. The zero-order valence-corrected chi connectivity index (χ0v) is 22.5. The van der Waals surface area contributed by atoms with Crippen molar-refractivity contribution in [1.29, 1.82) is 0 Å². The second-order valence-electron chi connectivity index (χ2n) is 12.1. The molecule has 0 aromatic heterocycles. The molecule has 4 heteroatoms. The van der Waals surface area contributed by atoms with Crippen molar-refractivity contribution in [1.82, 2.24) is 0 Å². The highest BCUT2D eigenvalue weighted by molar-refractivity contribution is 6.21. The molecular formula is C30H40N2O2. The van der Waals surface area contributed by atoms with Crippen LogP contribution in [0.2, 0.25) is 0 Å². The minimum atomic E-state index is -1.16. The van der Waals surface area contributed by atoms with Crippen LogP contribution in [-0.2, 0) is 15.0 Å². The van der Waals surface area contributed by atoms with Crippen LogP contribution in [0, 0.1) is 5.41 Å². The van der Waals surface area contributed by atoms with Gasteiger partial charge in [-0.15, -0.1) is 0 Å². The normalized spacial score (nSPS) is 21.0. The third kappa shape index (κ3) is 3.25.